The fourth-order valence-electron chi connectivity index (χ4n) is 5.82. The number of amides is 1. The molecule has 1 atom stereocenters. The minimum Gasteiger partial charge on any atom is -0.477 e. The molecule has 1 aliphatic heterocycles. The van der Waals surface area contributed by atoms with Crippen molar-refractivity contribution in [1.82, 2.24) is 9.88 Å². The van der Waals surface area contributed by atoms with Gasteiger partial charge >= 0.3 is 5.97 Å². The van der Waals surface area contributed by atoms with E-state index in [9.17, 15) is 24.9 Å². The molecule has 3 heterocycles. The zero-order chi connectivity index (χ0) is 28.2. The summed E-state index contributed by atoms with van der Waals surface area (Å²) in [7, 11) is 0. The molecule has 1 fully saturated rings. The number of carbonyl (C=O) groups is 2. The number of aliphatic hydroxyl groups excluding tert-OH is 2. The highest BCUT2D eigenvalue weighted by molar-refractivity contribution is 7.17. The number of carboxylic acids is 1. The van der Waals surface area contributed by atoms with E-state index in [4.69, 9.17) is 0 Å². The number of benzene rings is 1. The summed E-state index contributed by atoms with van der Waals surface area (Å²) in [6.45, 7) is 3.69. The van der Waals surface area contributed by atoms with Crippen molar-refractivity contribution in [2.45, 2.75) is 45.1 Å². The van der Waals surface area contributed by atoms with Crippen molar-refractivity contribution in [3.63, 3.8) is 0 Å². The van der Waals surface area contributed by atoms with E-state index < -0.39 is 12.1 Å². The summed E-state index contributed by atoms with van der Waals surface area (Å²) in [5, 5.41) is 34.3. The normalized spacial score (nSPS) is 20.9. The molecule has 10 heteroatoms. The van der Waals surface area contributed by atoms with Crippen LogP contribution in [0.1, 0.15) is 64.8 Å². The van der Waals surface area contributed by atoms with Crippen molar-refractivity contribution in [3.8, 4) is 10.4 Å². The lowest BCUT2D eigenvalue weighted by Crippen LogP contribution is -2.39. The van der Waals surface area contributed by atoms with Gasteiger partial charge in [0.2, 0.25) is 0 Å². The molecule has 40 heavy (non-hydrogen) atoms. The van der Waals surface area contributed by atoms with E-state index in [2.05, 4.69) is 22.1 Å². The van der Waals surface area contributed by atoms with Crippen LogP contribution in [-0.4, -0.2) is 69.4 Å². The van der Waals surface area contributed by atoms with Gasteiger partial charge in [0.15, 0.2) is 0 Å². The van der Waals surface area contributed by atoms with Crippen LogP contribution in [0.25, 0.3) is 16.0 Å². The zero-order valence-electron chi connectivity index (χ0n) is 22.5. The Morgan fingerprint density at radius 2 is 1.93 bits per heavy atom. The average Bonchev–Trinajstić information content (AvgIpc) is 3.65. The molecular formula is C30H35N3O5S2. The summed E-state index contributed by atoms with van der Waals surface area (Å²) in [4.78, 5) is 32.2. The first-order valence-corrected chi connectivity index (χ1v) is 15.5. The first-order chi connectivity index (χ1) is 19.3. The third-order valence-electron chi connectivity index (χ3n) is 8.00. The maximum Gasteiger partial charge on any atom is 0.346 e. The molecule has 0 bridgehead atoms. The van der Waals surface area contributed by atoms with Crippen molar-refractivity contribution >= 4 is 45.8 Å². The topological polar surface area (TPSA) is 123 Å². The van der Waals surface area contributed by atoms with Crippen molar-refractivity contribution in [2.75, 3.05) is 31.6 Å². The van der Waals surface area contributed by atoms with Gasteiger partial charge in [0.05, 0.1) is 18.2 Å². The highest BCUT2D eigenvalue weighted by Crippen LogP contribution is 2.43. The highest BCUT2D eigenvalue weighted by Gasteiger charge is 2.31. The van der Waals surface area contributed by atoms with Crippen LogP contribution in [0.4, 0.5) is 5.69 Å². The van der Waals surface area contributed by atoms with Crippen LogP contribution in [0.3, 0.4) is 0 Å². The lowest BCUT2D eigenvalue weighted by molar-refractivity contribution is 0.0618. The van der Waals surface area contributed by atoms with Crippen LogP contribution >= 0.6 is 22.7 Å². The molecule has 5 rings (SSSR count). The minimum absolute atomic E-state index is 0.273. The molecule has 2 aliphatic rings. The molecule has 1 unspecified atom stereocenters. The quantitative estimate of drug-likeness (QED) is 0.265. The van der Waals surface area contributed by atoms with Crippen LogP contribution in [0.5, 0.6) is 0 Å². The van der Waals surface area contributed by atoms with Crippen LogP contribution in [0.15, 0.2) is 46.8 Å². The summed E-state index contributed by atoms with van der Waals surface area (Å²) >= 11 is 2.62. The maximum absolute atomic E-state index is 12.5. The Labute approximate surface area is 242 Å². The van der Waals surface area contributed by atoms with Gasteiger partial charge in [0.1, 0.15) is 10.6 Å². The Hall–Kier alpha value is -2.89. The van der Waals surface area contributed by atoms with Crippen molar-refractivity contribution < 1.29 is 24.9 Å². The van der Waals surface area contributed by atoms with E-state index >= 15 is 0 Å². The highest BCUT2D eigenvalue weighted by atomic mass is 32.1. The predicted molar refractivity (Wildman–Crippen MR) is 159 cm³/mol. The predicted octanol–water partition coefficient (Wildman–Crippen LogP) is 5.46. The van der Waals surface area contributed by atoms with Gasteiger partial charge < -0.3 is 20.6 Å². The number of nitrogens with one attached hydrogen (secondary N) is 1. The van der Waals surface area contributed by atoms with Crippen LogP contribution in [0, 0.1) is 11.8 Å². The molecule has 8 nitrogen and oxygen atoms in total. The third-order valence-corrected chi connectivity index (χ3v) is 9.76. The van der Waals surface area contributed by atoms with E-state index in [0.29, 0.717) is 35.3 Å². The largest absolute Gasteiger partial charge is 0.477 e. The molecule has 1 saturated carbocycles. The van der Waals surface area contributed by atoms with E-state index in [1.807, 2.05) is 30.3 Å². The molecular weight excluding hydrogens is 546 g/mol. The second kappa shape index (κ2) is 12.7. The molecule has 1 amide bonds. The number of thiazole rings is 1. The lowest BCUT2D eigenvalue weighted by atomic mass is 9.75. The Morgan fingerprint density at radius 3 is 2.58 bits per heavy atom. The van der Waals surface area contributed by atoms with E-state index in [0.717, 1.165) is 53.3 Å². The molecule has 0 spiro atoms. The van der Waals surface area contributed by atoms with Crippen LogP contribution in [-0.2, 0) is 0 Å². The number of hydrogen-bond donors (Lipinski definition) is 4. The number of carbonyl (C=O) groups excluding carboxylic acids is 1. The molecule has 0 radical (unpaired) electrons. The van der Waals surface area contributed by atoms with Gasteiger partial charge in [-0.2, -0.15) is 0 Å². The number of thiophene rings is 1. The second-order valence-electron chi connectivity index (χ2n) is 10.8. The molecule has 1 aliphatic carbocycles. The van der Waals surface area contributed by atoms with E-state index in [-0.39, 0.29) is 12.5 Å². The van der Waals surface area contributed by atoms with Crippen molar-refractivity contribution in [3.05, 3.63) is 62.9 Å². The number of aromatic carboxylic acids is 1. The number of anilines is 1. The van der Waals surface area contributed by atoms with E-state index in [1.165, 1.54) is 41.1 Å². The number of aliphatic hydroxyl groups is 2. The van der Waals surface area contributed by atoms with Gasteiger partial charge in [-0.3, -0.25) is 9.69 Å². The van der Waals surface area contributed by atoms with Gasteiger partial charge in [-0.15, -0.1) is 22.7 Å². The number of rotatable bonds is 9. The summed E-state index contributed by atoms with van der Waals surface area (Å²) < 4.78 is 0. The summed E-state index contributed by atoms with van der Waals surface area (Å²) in [5.41, 5.74) is 6.67. The van der Waals surface area contributed by atoms with Crippen molar-refractivity contribution in [2.24, 2.45) is 11.8 Å². The number of β-amino-alcohol motifs (C(OH)–C–C–N with tert-alkyl or cyclic N) is 1. The van der Waals surface area contributed by atoms with Gasteiger partial charge in [-0.05, 0) is 60.4 Å². The monoisotopic (exact) mass is 581 g/mol. The Kier molecular flexibility index (Phi) is 9.12. The summed E-state index contributed by atoms with van der Waals surface area (Å²) in [5.74, 6) is -0.0567. The van der Waals surface area contributed by atoms with Gasteiger partial charge in [0, 0.05) is 41.1 Å². The zero-order valence-corrected chi connectivity index (χ0v) is 24.1. The van der Waals surface area contributed by atoms with Gasteiger partial charge in [-0.25, -0.2) is 9.78 Å². The van der Waals surface area contributed by atoms with Gasteiger partial charge in [-0.1, -0.05) is 37.5 Å². The van der Waals surface area contributed by atoms with E-state index in [1.54, 1.807) is 10.9 Å². The summed E-state index contributed by atoms with van der Waals surface area (Å²) in [6.07, 6.45) is 4.61. The summed E-state index contributed by atoms with van der Waals surface area (Å²) in [6, 6.07) is 9.39. The first kappa shape index (κ1) is 28.6. The van der Waals surface area contributed by atoms with Crippen LogP contribution in [0.2, 0.25) is 0 Å². The third kappa shape index (κ3) is 6.53. The molecule has 0 saturated heterocycles. The SMILES string of the molecule is CC1CCC(C2=C(c3cc(-c4ccc(NC(=O)c5cscn5)cc4)sc3C(=O)O)CN(CC(O)CO)CC2)CC1. The average molecular weight is 582 g/mol. The Balaban J connectivity index is 1.46. The maximum atomic E-state index is 12.5. The fraction of sp³-hybridized carbons (Fsp3) is 0.433. The smallest absolute Gasteiger partial charge is 0.346 e. The lowest BCUT2D eigenvalue weighted by Gasteiger charge is -2.37. The first-order valence-electron chi connectivity index (χ1n) is 13.7. The number of hydrogen-bond acceptors (Lipinski definition) is 8. The number of aromatic nitrogens is 1. The van der Waals surface area contributed by atoms with Crippen molar-refractivity contribution in [1.29, 1.82) is 0 Å². The Morgan fingerprint density at radius 1 is 1.18 bits per heavy atom. The minimum atomic E-state index is -0.949. The number of carboxylic acid groups (broad SMARTS) is 1. The molecule has 3 aromatic rings. The molecule has 2 aromatic heterocycles. The fourth-order valence-corrected chi connectivity index (χ4v) is 7.38. The number of nitrogens with zero attached hydrogens (tertiary/aromatic N) is 2. The van der Waals surface area contributed by atoms with Gasteiger partial charge in [0.25, 0.3) is 5.91 Å². The standard InChI is InChI=1S/C30H35N3O5S2/c1-18-2-4-19(5-3-18)23-10-11-33(13-22(35)15-34)14-25(23)24-12-27(40-28(24)30(37)38)20-6-8-21(9-7-20)32-29(36)26-16-39-17-31-26/h6-9,12,16-19,22,34-35H,2-5,10-11,13-15H2,1H3,(H,32,36)(H,37,38). The second-order valence-corrected chi connectivity index (χ2v) is 12.6. The molecule has 212 valence electrons. The molecule has 1 aromatic carbocycles. The van der Waals surface area contributed by atoms with Crippen LogP contribution < -0.4 is 5.32 Å². The molecule has 4 N–H and O–H groups in total. The Bertz CT molecular complexity index is 1360.